The van der Waals surface area contributed by atoms with Crippen LogP contribution in [0.15, 0.2) is 0 Å². The molecule has 0 aromatic rings. The maximum Gasteiger partial charge on any atom is 0.321 e. The topological polar surface area (TPSA) is 95.5 Å². The Kier molecular flexibility index (Phi) is 4.28. The lowest BCUT2D eigenvalue weighted by Gasteiger charge is -2.05. The second-order valence-corrected chi connectivity index (χ2v) is 4.13. The molecule has 1 saturated carbocycles. The normalized spacial score (nSPS) is 22.3. The fourth-order valence-electron chi connectivity index (χ4n) is 1.36. The molecule has 3 N–H and O–H groups in total. The van der Waals surface area contributed by atoms with Crippen molar-refractivity contribution in [3.63, 3.8) is 0 Å². The standard InChI is InChI=1S/C10H16N2O4/c1-6-4-7(6)5-11-10(16)12-8(13)2-3-9(14)15/h6-7H,2-5H2,1H3,(H,14,15)(H2,11,12,13,16). The second-order valence-electron chi connectivity index (χ2n) is 4.13. The zero-order chi connectivity index (χ0) is 12.1. The zero-order valence-corrected chi connectivity index (χ0v) is 9.16. The number of carboxylic acid groups (broad SMARTS) is 1. The summed E-state index contributed by atoms with van der Waals surface area (Å²) in [5, 5.41) is 13.0. The first kappa shape index (κ1) is 12.5. The minimum absolute atomic E-state index is 0.178. The third-order valence-corrected chi connectivity index (χ3v) is 2.62. The molecular weight excluding hydrogens is 212 g/mol. The van der Waals surface area contributed by atoms with E-state index in [4.69, 9.17) is 5.11 Å². The maximum absolute atomic E-state index is 11.1. The molecule has 6 nitrogen and oxygen atoms in total. The molecule has 0 heterocycles. The summed E-state index contributed by atoms with van der Waals surface area (Å²) in [5.41, 5.74) is 0. The Morgan fingerprint density at radius 2 is 1.94 bits per heavy atom. The SMILES string of the molecule is CC1CC1CNC(=O)NC(=O)CCC(=O)O. The number of carboxylic acids is 1. The molecule has 2 atom stereocenters. The monoisotopic (exact) mass is 228 g/mol. The van der Waals surface area contributed by atoms with Crippen LogP contribution in [0.2, 0.25) is 0 Å². The largest absolute Gasteiger partial charge is 0.481 e. The molecule has 1 aliphatic carbocycles. The lowest BCUT2D eigenvalue weighted by atomic mass is 10.3. The van der Waals surface area contributed by atoms with Crippen molar-refractivity contribution in [3.8, 4) is 0 Å². The van der Waals surface area contributed by atoms with Gasteiger partial charge in [0.25, 0.3) is 0 Å². The van der Waals surface area contributed by atoms with Gasteiger partial charge in [-0.25, -0.2) is 4.79 Å². The van der Waals surface area contributed by atoms with Crippen molar-refractivity contribution in [3.05, 3.63) is 0 Å². The molecule has 0 aromatic heterocycles. The molecule has 1 rings (SSSR count). The average Bonchev–Trinajstić information content (AvgIpc) is 2.89. The van der Waals surface area contributed by atoms with Gasteiger partial charge in [0.15, 0.2) is 0 Å². The first-order valence-electron chi connectivity index (χ1n) is 5.28. The Hall–Kier alpha value is -1.59. The Balaban J connectivity index is 2.08. The highest BCUT2D eigenvalue weighted by Gasteiger charge is 2.32. The van der Waals surface area contributed by atoms with Gasteiger partial charge in [-0.05, 0) is 18.3 Å². The molecule has 0 spiro atoms. The van der Waals surface area contributed by atoms with E-state index in [9.17, 15) is 14.4 Å². The number of carbonyl (C=O) groups excluding carboxylic acids is 2. The van der Waals surface area contributed by atoms with Crippen LogP contribution in [0, 0.1) is 11.8 Å². The van der Waals surface area contributed by atoms with Crippen LogP contribution in [0.1, 0.15) is 26.2 Å². The van der Waals surface area contributed by atoms with E-state index in [2.05, 4.69) is 17.6 Å². The van der Waals surface area contributed by atoms with E-state index in [0.29, 0.717) is 18.4 Å². The highest BCUT2D eigenvalue weighted by Crippen LogP contribution is 2.36. The molecule has 1 aliphatic rings. The third-order valence-electron chi connectivity index (χ3n) is 2.62. The minimum Gasteiger partial charge on any atom is -0.481 e. The summed E-state index contributed by atoms with van der Waals surface area (Å²) in [4.78, 5) is 32.4. The van der Waals surface area contributed by atoms with Crippen LogP contribution in [0.5, 0.6) is 0 Å². The summed E-state index contributed by atoms with van der Waals surface area (Å²) in [7, 11) is 0. The summed E-state index contributed by atoms with van der Waals surface area (Å²) in [6, 6.07) is -0.547. The van der Waals surface area contributed by atoms with Gasteiger partial charge in [-0.3, -0.25) is 14.9 Å². The van der Waals surface area contributed by atoms with Crippen LogP contribution in [-0.2, 0) is 9.59 Å². The molecule has 0 radical (unpaired) electrons. The summed E-state index contributed by atoms with van der Waals surface area (Å²) in [6.45, 7) is 2.67. The Morgan fingerprint density at radius 1 is 1.31 bits per heavy atom. The number of imide groups is 1. The molecule has 6 heteroatoms. The van der Waals surface area contributed by atoms with Gasteiger partial charge in [0.1, 0.15) is 0 Å². The molecule has 0 aromatic carbocycles. The third kappa shape index (κ3) is 4.77. The summed E-state index contributed by atoms with van der Waals surface area (Å²) in [6.07, 6.45) is 0.661. The van der Waals surface area contributed by atoms with Crippen molar-refractivity contribution in [2.24, 2.45) is 11.8 Å². The van der Waals surface area contributed by atoms with E-state index < -0.39 is 17.9 Å². The average molecular weight is 228 g/mol. The molecule has 1 fully saturated rings. The van der Waals surface area contributed by atoms with Gasteiger partial charge in [-0.2, -0.15) is 0 Å². The number of rotatable bonds is 5. The molecular formula is C10H16N2O4. The van der Waals surface area contributed by atoms with Crippen molar-refractivity contribution in [2.45, 2.75) is 26.2 Å². The number of carbonyl (C=O) groups is 3. The van der Waals surface area contributed by atoms with Crippen LogP contribution in [0.3, 0.4) is 0 Å². The van der Waals surface area contributed by atoms with Crippen molar-refractivity contribution in [1.82, 2.24) is 10.6 Å². The van der Waals surface area contributed by atoms with Gasteiger partial charge in [0, 0.05) is 13.0 Å². The summed E-state index contributed by atoms with van der Waals surface area (Å²) >= 11 is 0. The number of urea groups is 1. The molecule has 16 heavy (non-hydrogen) atoms. The van der Waals surface area contributed by atoms with E-state index in [1.807, 2.05) is 0 Å². The lowest BCUT2D eigenvalue weighted by molar-refractivity contribution is -0.138. The smallest absolute Gasteiger partial charge is 0.321 e. The van der Waals surface area contributed by atoms with Crippen LogP contribution >= 0.6 is 0 Å². The van der Waals surface area contributed by atoms with Gasteiger partial charge < -0.3 is 10.4 Å². The van der Waals surface area contributed by atoms with Gasteiger partial charge in [0.05, 0.1) is 6.42 Å². The number of hydrogen-bond acceptors (Lipinski definition) is 3. The van der Waals surface area contributed by atoms with Crippen molar-refractivity contribution in [2.75, 3.05) is 6.54 Å². The van der Waals surface area contributed by atoms with E-state index in [-0.39, 0.29) is 12.8 Å². The van der Waals surface area contributed by atoms with E-state index >= 15 is 0 Å². The van der Waals surface area contributed by atoms with Gasteiger partial charge >= 0.3 is 12.0 Å². The van der Waals surface area contributed by atoms with Crippen molar-refractivity contribution < 1.29 is 19.5 Å². The van der Waals surface area contributed by atoms with Crippen LogP contribution < -0.4 is 10.6 Å². The molecule has 3 amide bonds. The van der Waals surface area contributed by atoms with Gasteiger partial charge in [-0.1, -0.05) is 6.92 Å². The molecule has 0 bridgehead atoms. The number of hydrogen-bond donors (Lipinski definition) is 3. The first-order chi connectivity index (χ1) is 7.49. The van der Waals surface area contributed by atoms with Crippen LogP contribution in [0.25, 0.3) is 0 Å². The maximum atomic E-state index is 11.1. The van der Waals surface area contributed by atoms with E-state index in [0.717, 1.165) is 6.42 Å². The Bertz CT molecular complexity index is 303. The Labute approximate surface area is 93.4 Å². The molecule has 90 valence electrons. The van der Waals surface area contributed by atoms with E-state index in [1.165, 1.54) is 0 Å². The Morgan fingerprint density at radius 3 is 2.44 bits per heavy atom. The molecule has 2 unspecified atom stereocenters. The number of nitrogens with one attached hydrogen (secondary N) is 2. The molecule has 0 aliphatic heterocycles. The lowest BCUT2D eigenvalue weighted by Crippen LogP contribution is -2.40. The fraction of sp³-hybridized carbons (Fsp3) is 0.700. The number of aliphatic carboxylic acids is 1. The second kappa shape index (κ2) is 5.48. The van der Waals surface area contributed by atoms with Crippen molar-refractivity contribution >= 4 is 17.9 Å². The van der Waals surface area contributed by atoms with E-state index in [1.54, 1.807) is 0 Å². The predicted molar refractivity (Wildman–Crippen MR) is 55.7 cm³/mol. The van der Waals surface area contributed by atoms with Gasteiger partial charge in [0.2, 0.25) is 5.91 Å². The van der Waals surface area contributed by atoms with Crippen molar-refractivity contribution in [1.29, 1.82) is 0 Å². The molecule has 0 saturated heterocycles. The fourth-order valence-corrected chi connectivity index (χ4v) is 1.36. The van der Waals surface area contributed by atoms with Gasteiger partial charge in [-0.15, -0.1) is 0 Å². The van der Waals surface area contributed by atoms with Crippen LogP contribution in [0.4, 0.5) is 4.79 Å². The zero-order valence-electron chi connectivity index (χ0n) is 9.16. The predicted octanol–water partition coefficient (Wildman–Crippen LogP) is 0.333. The highest BCUT2D eigenvalue weighted by atomic mass is 16.4. The highest BCUT2D eigenvalue weighted by molar-refractivity contribution is 5.95. The summed E-state index contributed by atoms with van der Waals surface area (Å²) in [5.74, 6) is -0.464. The number of amides is 3. The summed E-state index contributed by atoms with van der Waals surface area (Å²) < 4.78 is 0. The first-order valence-corrected chi connectivity index (χ1v) is 5.28. The minimum atomic E-state index is -1.05. The quantitative estimate of drug-likeness (QED) is 0.632. The van der Waals surface area contributed by atoms with Crippen LogP contribution in [-0.4, -0.2) is 29.6 Å².